The number of rotatable bonds is 3. The van der Waals surface area contributed by atoms with Crippen molar-refractivity contribution < 1.29 is 13.6 Å². The van der Waals surface area contributed by atoms with Gasteiger partial charge in [0.15, 0.2) is 11.6 Å². The van der Waals surface area contributed by atoms with Gasteiger partial charge < -0.3 is 5.32 Å². The molecule has 2 rings (SSSR count). The maximum absolute atomic E-state index is 13.3. The minimum absolute atomic E-state index is 0.134. The van der Waals surface area contributed by atoms with E-state index in [1.54, 1.807) is 0 Å². The summed E-state index contributed by atoms with van der Waals surface area (Å²) in [6.45, 7) is 0. The molecule has 2 nitrogen and oxygen atoms in total. The van der Waals surface area contributed by atoms with Gasteiger partial charge in [0, 0.05) is 0 Å². The summed E-state index contributed by atoms with van der Waals surface area (Å²) in [5.41, 5.74) is 0.717. The summed E-state index contributed by atoms with van der Waals surface area (Å²) < 4.78 is 26.1. The summed E-state index contributed by atoms with van der Waals surface area (Å²) in [5, 5.41) is 6.03. The number of carbonyl (C=O) groups excluding carboxylic acids is 1. The van der Waals surface area contributed by atoms with Crippen LogP contribution in [0.2, 0.25) is 0 Å². The summed E-state index contributed by atoms with van der Waals surface area (Å²) in [5.74, 6) is -2.38. The van der Waals surface area contributed by atoms with Gasteiger partial charge in [0.1, 0.15) is 0 Å². The third-order valence-corrected chi connectivity index (χ3v) is 2.90. The molecule has 0 aliphatic heterocycles. The second-order valence-corrected chi connectivity index (χ2v) is 4.24. The Kier molecular flexibility index (Phi) is 3.49. The molecule has 0 bridgehead atoms. The van der Waals surface area contributed by atoms with Crippen molar-refractivity contribution in [2.75, 3.05) is 5.32 Å². The summed E-state index contributed by atoms with van der Waals surface area (Å²) in [4.78, 5) is 11.5. The summed E-state index contributed by atoms with van der Waals surface area (Å²) in [6, 6.07) is 5.48. The molecule has 0 aliphatic rings. The standard InChI is InChI=1S/C12H9F2NOS/c13-9-2-1-3-10(12(9)14)15-11(16)6-8-4-5-17-7-8/h1-5,7H,6H2,(H,15,16). The van der Waals surface area contributed by atoms with Crippen molar-refractivity contribution in [2.45, 2.75) is 6.42 Å². The van der Waals surface area contributed by atoms with E-state index in [-0.39, 0.29) is 18.0 Å². The monoisotopic (exact) mass is 253 g/mol. The molecule has 2 aromatic rings. The van der Waals surface area contributed by atoms with Crippen LogP contribution in [0.15, 0.2) is 35.0 Å². The number of benzene rings is 1. The normalized spacial score (nSPS) is 10.2. The number of carbonyl (C=O) groups is 1. The fraction of sp³-hybridized carbons (Fsp3) is 0.0833. The molecule has 0 spiro atoms. The molecule has 0 saturated heterocycles. The summed E-state index contributed by atoms with van der Waals surface area (Å²) in [6.07, 6.45) is 0.152. The molecule has 0 fully saturated rings. The Labute approximate surface area is 101 Å². The highest BCUT2D eigenvalue weighted by atomic mass is 32.1. The number of hydrogen-bond acceptors (Lipinski definition) is 2. The van der Waals surface area contributed by atoms with Gasteiger partial charge in [-0.3, -0.25) is 4.79 Å². The van der Waals surface area contributed by atoms with Gasteiger partial charge in [-0.2, -0.15) is 11.3 Å². The first-order chi connectivity index (χ1) is 8.16. The Morgan fingerprint density at radius 2 is 2.12 bits per heavy atom. The van der Waals surface area contributed by atoms with E-state index in [1.807, 2.05) is 16.8 Å². The van der Waals surface area contributed by atoms with E-state index in [2.05, 4.69) is 5.32 Å². The number of amides is 1. The number of thiophene rings is 1. The number of halogens is 2. The van der Waals surface area contributed by atoms with E-state index >= 15 is 0 Å². The predicted molar refractivity (Wildman–Crippen MR) is 63.0 cm³/mol. The van der Waals surface area contributed by atoms with Gasteiger partial charge in [0.2, 0.25) is 5.91 Å². The minimum atomic E-state index is -1.04. The molecule has 0 radical (unpaired) electrons. The van der Waals surface area contributed by atoms with Gasteiger partial charge in [-0.05, 0) is 34.5 Å². The number of hydrogen-bond donors (Lipinski definition) is 1. The predicted octanol–water partition coefficient (Wildman–Crippen LogP) is 3.21. The third-order valence-electron chi connectivity index (χ3n) is 2.17. The van der Waals surface area contributed by atoms with Crippen molar-refractivity contribution >= 4 is 22.9 Å². The van der Waals surface area contributed by atoms with Gasteiger partial charge in [-0.25, -0.2) is 8.78 Å². The Morgan fingerprint density at radius 3 is 2.82 bits per heavy atom. The van der Waals surface area contributed by atoms with Gasteiger partial charge in [0.05, 0.1) is 12.1 Å². The molecule has 1 N–H and O–H groups in total. The maximum atomic E-state index is 13.3. The second-order valence-electron chi connectivity index (χ2n) is 3.46. The average molecular weight is 253 g/mol. The van der Waals surface area contributed by atoms with Crippen LogP contribution < -0.4 is 5.32 Å². The Balaban J connectivity index is 2.06. The van der Waals surface area contributed by atoms with Crippen LogP contribution in [-0.2, 0) is 11.2 Å². The van der Waals surface area contributed by atoms with E-state index in [9.17, 15) is 13.6 Å². The number of anilines is 1. The fourth-order valence-corrected chi connectivity index (χ4v) is 2.04. The van der Waals surface area contributed by atoms with Crippen LogP contribution in [0.1, 0.15) is 5.56 Å². The Morgan fingerprint density at radius 1 is 1.29 bits per heavy atom. The highest BCUT2D eigenvalue weighted by molar-refractivity contribution is 7.08. The highest BCUT2D eigenvalue weighted by Gasteiger charge is 2.10. The van der Waals surface area contributed by atoms with Gasteiger partial charge >= 0.3 is 0 Å². The van der Waals surface area contributed by atoms with Crippen LogP contribution in [0.3, 0.4) is 0 Å². The minimum Gasteiger partial charge on any atom is -0.323 e. The zero-order valence-corrected chi connectivity index (χ0v) is 9.56. The molecule has 0 unspecified atom stereocenters. The summed E-state index contributed by atoms with van der Waals surface area (Å²) in [7, 11) is 0. The first-order valence-corrected chi connectivity index (χ1v) is 5.86. The molecule has 88 valence electrons. The van der Waals surface area contributed by atoms with Crippen molar-refractivity contribution in [1.82, 2.24) is 0 Å². The lowest BCUT2D eigenvalue weighted by Crippen LogP contribution is -2.15. The molecule has 1 heterocycles. The van der Waals surface area contributed by atoms with E-state index in [4.69, 9.17) is 0 Å². The molecular weight excluding hydrogens is 244 g/mol. The van der Waals surface area contributed by atoms with Crippen molar-refractivity contribution in [1.29, 1.82) is 0 Å². The van der Waals surface area contributed by atoms with E-state index < -0.39 is 11.6 Å². The van der Waals surface area contributed by atoms with Crippen LogP contribution in [0, 0.1) is 11.6 Å². The Hall–Kier alpha value is -1.75. The molecule has 1 aromatic carbocycles. The van der Waals surface area contributed by atoms with Crippen LogP contribution >= 0.6 is 11.3 Å². The molecule has 0 aliphatic carbocycles. The smallest absolute Gasteiger partial charge is 0.228 e. The largest absolute Gasteiger partial charge is 0.323 e. The summed E-state index contributed by atoms with van der Waals surface area (Å²) >= 11 is 1.48. The second kappa shape index (κ2) is 5.05. The van der Waals surface area contributed by atoms with Crippen molar-refractivity contribution in [3.05, 3.63) is 52.2 Å². The van der Waals surface area contributed by atoms with Crippen molar-refractivity contribution in [3.63, 3.8) is 0 Å². The zero-order chi connectivity index (χ0) is 12.3. The van der Waals surface area contributed by atoms with Crippen LogP contribution in [0.25, 0.3) is 0 Å². The lowest BCUT2D eigenvalue weighted by atomic mass is 10.2. The van der Waals surface area contributed by atoms with E-state index in [0.717, 1.165) is 11.6 Å². The topological polar surface area (TPSA) is 29.1 Å². The van der Waals surface area contributed by atoms with Crippen LogP contribution in [0.4, 0.5) is 14.5 Å². The van der Waals surface area contributed by atoms with E-state index in [1.165, 1.54) is 23.5 Å². The van der Waals surface area contributed by atoms with Gasteiger partial charge in [-0.1, -0.05) is 6.07 Å². The molecule has 5 heteroatoms. The third kappa shape index (κ3) is 2.88. The average Bonchev–Trinajstić information content (AvgIpc) is 2.77. The number of nitrogens with one attached hydrogen (secondary N) is 1. The molecule has 0 atom stereocenters. The maximum Gasteiger partial charge on any atom is 0.228 e. The molecule has 1 amide bonds. The highest BCUT2D eigenvalue weighted by Crippen LogP contribution is 2.17. The first kappa shape index (κ1) is 11.7. The van der Waals surface area contributed by atoms with Crippen molar-refractivity contribution in [2.24, 2.45) is 0 Å². The lowest BCUT2D eigenvalue weighted by molar-refractivity contribution is -0.115. The van der Waals surface area contributed by atoms with Crippen LogP contribution in [0.5, 0.6) is 0 Å². The lowest BCUT2D eigenvalue weighted by Gasteiger charge is -2.05. The molecule has 17 heavy (non-hydrogen) atoms. The Bertz CT molecular complexity index is 525. The van der Waals surface area contributed by atoms with E-state index in [0.29, 0.717) is 0 Å². The van der Waals surface area contributed by atoms with Gasteiger partial charge in [-0.15, -0.1) is 0 Å². The zero-order valence-electron chi connectivity index (χ0n) is 8.74. The first-order valence-electron chi connectivity index (χ1n) is 4.92. The molecule has 0 saturated carbocycles. The SMILES string of the molecule is O=C(Cc1ccsc1)Nc1cccc(F)c1F. The van der Waals surface area contributed by atoms with Gasteiger partial charge in [0.25, 0.3) is 0 Å². The van der Waals surface area contributed by atoms with Crippen molar-refractivity contribution in [3.8, 4) is 0 Å². The molecular formula is C12H9F2NOS. The van der Waals surface area contributed by atoms with Crippen LogP contribution in [-0.4, -0.2) is 5.91 Å². The molecule has 1 aromatic heterocycles. The fourth-order valence-electron chi connectivity index (χ4n) is 1.37. The quantitative estimate of drug-likeness (QED) is 0.894.